The second-order valence-corrected chi connectivity index (χ2v) is 5.30. The first kappa shape index (κ1) is 13.8. The Morgan fingerprint density at radius 1 is 1.26 bits per heavy atom. The van der Waals surface area contributed by atoms with Gasteiger partial charge in [-0.05, 0) is 37.0 Å². The lowest BCUT2D eigenvalue weighted by atomic mass is 10.0. The maximum absolute atomic E-state index is 13.3. The van der Waals surface area contributed by atoms with Gasteiger partial charge in [0, 0.05) is 12.2 Å². The summed E-state index contributed by atoms with van der Waals surface area (Å²) in [7, 11) is 0. The van der Waals surface area contributed by atoms with E-state index in [4.69, 9.17) is 5.73 Å². The number of rotatable bonds is 4. The smallest absolute Gasteiger partial charge is 0.251 e. The molecule has 0 spiro atoms. The highest BCUT2D eigenvalue weighted by Crippen LogP contribution is 2.23. The number of nitrogens with two attached hydrogens (primary N) is 1. The van der Waals surface area contributed by atoms with Crippen LogP contribution in [0.2, 0.25) is 0 Å². The van der Waals surface area contributed by atoms with Crippen LogP contribution < -0.4 is 11.1 Å². The average molecular weight is 264 g/mol. The Kier molecular flexibility index (Phi) is 4.77. The van der Waals surface area contributed by atoms with Gasteiger partial charge in [0.05, 0.1) is 5.56 Å². The van der Waals surface area contributed by atoms with Crippen molar-refractivity contribution in [2.45, 2.75) is 38.5 Å². The number of nitrogens with one attached hydrogen (secondary N) is 1. The van der Waals surface area contributed by atoms with Gasteiger partial charge in [0.1, 0.15) is 5.82 Å². The molecule has 3 nitrogen and oxygen atoms in total. The Morgan fingerprint density at radius 3 is 2.58 bits per heavy atom. The van der Waals surface area contributed by atoms with E-state index >= 15 is 0 Å². The Bertz CT molecular complexity index is 440. The zero-order chi connectivity index (χ0) is 13.7. The molecule has 1 aromatic rings. The van der Waals surface area contributed by atoms with Crippen molar-refractivity contribution in [3.63, 3.8) is 0 Å². The summed E-state index contributed by atoms with van der Waals surface area (Å²) in [5.41, 5.74) is 5.85. The van der Waals surface area contributed by atoms with E-state index in [0.29, 0.717) is 5.92 Å². The van der Waals surface area contributed by atoms with E-state index in [1.165, 1.54) is 50.7 Å². The predicted molar refractivity (Wildman–Crippen MR) is 74.6 cm³/mol. The van der Waals surface area contributed by atoms with Gasteiger partial charge < -0.3 is 11.1 Å². The molecule has 104 valence electrons. The minimum absolute atomic E-state index is 0.0501. The molecule has 1 fully saturated rings. The fraction of sp³-hybridized carbons (Fsp3) is 0.533. The van der Waals surface area contributed by atoms with Crippen molar-refractivity contribution in [2.24, 2.45) is 11.7 Å². The SMILES string of the molecule is NC(=O)c1cc(NCC2CCCCCC2)ccc1F. The van der Waals surface area contributed by atoms with E-state index in [1.54, 1.807) is 6.07 Å². The number of carbonyl (C=O) groups is 1. The van der Waals surface area contributed by atoms with E-state index in [-0.39, 0.29) is 5.56 Å². The van der Waals surface area contributed by atoms with Crippen LogP contribution in [0.3, 0.4) is 0 Å². The lowest BCUT2D eigenvalue weighted by Gasteiger charge is -2.16. The fourth-order valence-corrected chi connectivity index (χ4v) is 2.65. The van der Waals surface area contributed by atoms with Crippen LogP contribution in [0.5, 0.6) is 0 Å². The van der Waals surface area contributed by atoms with Crippen molar-refractivity contribution in [3.8, 4) is 0 Å². The number of halogens is 1. The number of carbonyl (C=O) groups excluding carboxylic acids is 1. The number of amides is 1. The molecule has 4 heteroatoms. The third-order valence-corrected chi connectivity index (χ3v) is 3.80. The monoisotopic (exact) mass is 264 g/mol. The number of hydrogen-bond acceptors (Lipinski definition) is 2. The molecule has 1 saturated carbocycles. The summed E-state index contributed by atoms with van der Waals surface area (Å²) in [5.74, 6) is -0.618. The molecule has 1 aromatic carbocycles. The van der Waals surface area contributed by atoms with Crippen molar-refractivity contribution in [1.29, 1.82) is 0 Å². The van der Waals surface area contributed by atoms with Crippen LogP contribution in [0, 0.1) is 11.7 Å². The van der Waals surface area contributed by atoms with Crippen LogP contribution in [-0.2, 0) is 0 Å². The van der Waals surface area contributed by atoms with Crippen molar-refractivity contribution >= 4 is 11.6 Å². The minimum Gasteiger partial charge on any atom is -0.385 e. The molecule has 0 atom stereocenters. The first-order valence-corrected chi connectivity index (χ1v) is 7.00. The summed E-state index contributed by atoms with van der Waals surface area (Å²) in [4.78, 5) is 11.1. The molecule has 0 bridgehead atoms. The molecular formula is C15H21FN2O. The van der Waals surface area contributed by atoms with E-state index in [0.717, 1.165) is 12.2 Å². The minimum atomic E-state index is -0.726. The largest absolute Gasteiger partial charge is 0.385 e. The molecule has 0 aliphatic heterocycles. The zero-order valence-electron chi connectivity index (χ0n) is 11.1. The number of anilines is 1. The molecule has 1 aliphatic rings. The third kappa shape index (κ3) is 3.94. The zero-order valence-corrected chi connectivity index (χ0v) is 11.1. The number of primary amides is 1. The molecule has 0 unspecified atom stereocenters. The summed E-state index contributed by atoms with van der Waals surface area (Å²) in [5, 5.41) is 3.29. The predicted octanol–water partition coefficient (Wildman–Crippen LogP) is 3.31. The van der Waals surface area contributed by atoms with E-state index in [1.807, 2.05) is 0 Å². The van der Waals surface area contributed by atoms with Gasteiger partial charge in [0.25, 0.3) is 5.91 Å². The summed E-state index contributed by atoms with van der Waals surface area (Å²) >= 11 is 0. The third-order valence-electron chi connectivity index (χ3n) is 3.80. The fourth-order valence-electron chi connectivity index (χ4n) is 2.65. The summed E-state index contributed by atoms with van der Waals surface area (Å²) < 4.78 is 13.3. The maximum Gasteiger partial charge on any atom is 0.251 e. The first-order chi connectivity index (χ1) is 9.16. The standard InChI is InChI=1S/C15H21FN2O/c16-14-8-7-12(9-13(14)15(17)19)18-10-11-5-3-1-2-4-6-11/h7-9,11,18H,1-6,10H2,(H2,17,19). The second-order valence-electron chi connectivity index (χ2n) is 5.30. The lowest BCUT2D eigenvalue weighted by Crippen LogP contribution is -2.16. The van der Waals surface area contributed by atoms with Gasteiger partial charge in [-0.25, -0.2) is 4.39 Å². The Morgan fingerprint density at radius 2 is 1.95 bits per heavy atom. The van der Waals surface area contributed by atoms with Crippen LogP contribution in [0.15, 0.2) is 18.2 Å². The van der Waals surface area contributed by atoms with Crippen molar-refractivity contribution in [2.75, 3.05) is 11.9 Å². The molecule has 3 N–H and O–H groups in total. The van der Waals surface area contributed by atoms with Gasteiger partial charge in [-0.15, -0.1) is 0 Å². The highest BCUT2D eigenvalue weighted by Gasteiger charge is 2.13. The van der Waals surface area contributed by atoms with Crippen LogP contribution >= 0.6 is 0 Å². The second kappa shape index (κ2) is 6.55. The highest BCUT2D eigenvalue weighted by atomic mass is 19.1. The van der Waals surface area contributed by atoms with Crippen LogP contribution in [0.4, 0.5) is 10.1 Å². The maximum atomic E-state index is 13.3. The van der Waals surface area contributed by atoms with Gasteiger partial charge in [-0.1, -0.05) is 25.7 Å². The Balaban J connectivity index is 1.95. The van der Waals surface area contributed by atoms with Crippen molar-refractivity contribution in [3.05, 3.63) is 29.6 Å². The molecule has 0 heterocycles. The van der Waals surface area contributed by atoms with Gasteiger partial charge in [0.2, 0.25) is 0 Å². The van der Waals surface area contributed by atoms with E-state index in [2.05, 4.69) is 5.32 Å². The first-order valence-electron chi connectivity index (χ1n) is 7.00. The normalized spacial score (nSPS) is 16.9. The molecule has 1 aliphatic carbocycles. The highest BCUT2D eigenvalue weighted by molar-refractivity contribution is 5.94. The van der Waals surface area contributed by atoms with Gasteiger partial charge in [0.15, 0.2) is 0 Å². The average Bonchev–Trinajstić information content (AvgIpc) is 2.66. The van der Waals surface area contributed by atoms with Gasteiger partial charge >= 0.3 is 0 Å². The number of benzene rings is 1. The summed E-state index contributed by atoms with van der Waals surface area (Å²) in [6.07, 6.45) is 7.75. The topological polar surface area (TPSA) is 55.1 Å². The van der Waals surface area contributed by atoms with E-state index in [9.17, 15) is 9.18 Å². The molecule has 0 radical (unpaired) electrons. The van der Waals surface area contributed by atoms with Crippen LogP contribution in [0.1, 0.15) is 48.9 Å². The van der Waals surface area contributed by atoms with Crippen molar-refractivity contribution in [1.82, 2.24) is 0 Å². The quantitative estimate of drug-likeness (QED) is 0.820. The molecule has 19 heavy (non-hydrogen) atoms. The van der Waals surface area contributed by atoms with E-state index < -0.39 is 11.7 Å². The molecule has 1 amide bonds. The molecule has 0 saturated heterocycles. The van der Waals surface area contributed by atoms with Crippen LogP contribution in [-0.4, -0.2) is 12.5 Å². The lowest BCUT2D eigenvalue weighted by molar-refractivity contribution is 0.0996. The molecule has 0 aromatic heterocycles. The number of hydrogen-bond donors (Lipinski definition) is 2. The van der Waals surface area contributed by atoms with Crippen LogP contribution in [0.25, 0.3) is 0 Å². The molecule has 2 rings (SSSR count). The Hall–Kier alpha value is -1.58. The summed E-state index contributed by atoms with van der Waals surface area (Å²) in [6, 6.07) is 4.43. The van der Waals surface area contributed by atoms with Crippen molar-refractivity contribution < 1.29 is 9.18 Å². The summed E-state index contributed by atoms with van der Waals surface area (Å²) in [6.45, 7) is 0.879. The van der Waals surface area contributed by atoms with Gasteiger partial charge in [-0.2, -0.15) is 0 Å². The Labute approximate surface area is 113 Å². The molecular weight excluding hydrogens is 243 g/mol. The van der Waals surface area contributed by atoms with Gasteiger partial charge in [-0.3, -0.25) is 4.79 Å².